The Balaban J connectivity index is 0.000000686. The van der Waals surface area contributed by atoms with Gasteiger partial charge in [-0.05, 0) is 51.9 Å². The van der Waals surface area contributed by atoms with Gasteiger partial charge in [-0.15, -0.1) is 0 Å². The highest BCUT2D eigenvalue weighted by Crippen LogP contribution is 2.17. The van der Waals surface area contributed by atoms with Crippen LogP contribution < -0.4 is 5.32 Å². The average Bonchev–Trinajstić information content (AvgIpc) is 2.42. The van der Waals surface area contributed by atoms with Crippen molar-refractivity contribution >= 4 is 0 Å². The largest absolute Gasteiger partial charge is 0.374 e. The van der Waals surface area contributed by atoms with E-state index in [9.17, 15) is 0 Å². The van der Waals surface area contributed by atoms with Crippen LogP contribution in [0.3, 0.4) is 0 Å². The van der Waals surface area contributed by atoms with E-state index in [0.29, 0.717) is 12.2 Å². The zero-order valence-corrected chi connectivity index (χ0v) is 11.9. The number of hydrogen-bond acceptors (Lipinski definition) is 3. The molecule has 3 nitrogen and oxygen atoms in total. The molecule has 0 bridgehead atoms. The first-order valence-electron chi connectivity index (χ1n) is 7.47. The molecule has 102 valence electrons. The molecule has 0 spiro atoms. The van der Waals surface area contributed by atoms with Crippen molar-refractivity contribution < 1.29 is 4.74 Å². The van der Waals surface area contributed by atoms with Crippen molar-refractivity contribution in [3.63, 3.8) is 0 Å². The van der Waals surface area contributed by atoms with Crippen LogP contribution in [0.2, 0.25) is 0 Å². The molecule has 0 aliphatic carbocycles. The quantitative estimate of drug-likeness (QED) is 0.821. The Labute approximate surface area is 107 Å². The Hall–Kier alpha value is -0.120. The average molecular weight is 242 g/mol. The monoisotopic (exact) mass is 242 g/mol. The zero-order valence-electron chi connectivity index (χ0n) is 11.9. The number of ether oxygens (including phenoxy) is 1. The highest BCUT2D eigenvalue weighted by molar-refractivity contribution is 4.76. The third kappa shape index (κ3) is 5.36. The third-order valence-electron chi connectivity index (χ3n) is 3.58. The molecule has 2 rings (SSSR count). The fraction of sp³-hybridized carbons (Fsp3) is 1.00. The first-order chi connectivity index (χ1) is 8.38. The lowest BCUT2D eigenvalue weighted by Crippen LogP contribution is -2.43. The summed E-state index contributed by atoms with van der Waals surface area (Å²) in [6.07, 6.45) is 5.99. The summed E-state index contributed by atoms with van der Waals surface area (Å²) in [7, 11) is 0. The van der Waals surface area contributed by atoms with Gasteiger partial charge in [0.15, 0.2) is 0 Å². The van der Waals surface area contributed by atoms with Crippen molar-refractivity contribution in [1.82, 2.24) is 10.2 Å². The molecule has 17 heavy (non-hydrogen) atoms. The molecule has 2 saturated heterocycles. The predicted octanol–water partition coefficient (Wildman–Crippen LogP) is 2.27. The Bertz CT molecular complexity index is 181. The molecular weight excluding hydrogens is 212 g/mol. The van der Waals surface area contributed by atoms with Crippen LogP contribution in [-0.2, 0) is 4.74 Å². The van der Waals surface area contributed by atoms with E-state index >= 15 is 0 Å². The molecule has 1 unspecified atom stereocenters. The molecule has 0 radical (unpaired) electrons. The van der Waals surface area contributed by atoms with Crippen molar-refractivity contribution in [1.29, 1.82) is 0 Å². The van der Waals surface area contributed by atoms with E-state index < -0.39 is 0 Å². The molecule has 1 atom stereocenters. The zero-order chi connectivity index (χ0) is 12.5. The molecule has 2 aliphatic rings. The summed E-state index contributed by atoms with van der Waals surface area (Å²) < 4.78 is 6.18. The fourth-order valence-electron chi connectivity index (χ4n) is 2.62. The molecule has 0 saturated carbocycles. The van der Waals surface area contributed by atoms with E-state index in [1.165, 1.54) is 38.8 Å². The molecule has 2 aliphatic heterocycles. The minimum atomic E-state index is 0.502. The van der Waals surface area contributed by atoms with Crippen LogP contribution >= 0.6 is 0 Å². The van der Waals surface area contributed by atoms with E-state index in [0.717, 1.165) is 19.6 Å². The van der Waals surface area contributed by atoms with Gasteiger partial charge in [0.05, 0.1) is 12.2 Å². The van der Waals surface area contributed by atoms with Gasteiger partial charge >= 0.3 is 0 Å². The van der Waals surface area contributed by atoms with E-state index in [1.54, 1.807) is 0 Å². The molecule has 1 N–H and O–H groups in total. The molecule has 3 heteroatoms. The van der Waals surface area contributed by atoms with Gasteiger partial charge in [-0.3, -0.25) is 0 Å². The highest BCUT2D eigenvalue weighted by Gasteiger charge is 2.23. The van der Waals surface area contributed by atoms with Gasteiger partial charge in [-0.1, -0.05) is 20.8 Å². The summed E-state index contributed by atoms with van der Waals surface area (Å²) >= 11 is 0. The summed E-state index contributed by atoms with van der Waals surface area (Å²) in [4.78, 5) is 2.51. The van der Waals surface area contributed by atoms with E-state index in [2.05, 4.69) is 17.1 Å². The second-order valence-corrected chi connectivity index (χ2v) is 4.74. The van der Waals surface area contributed by atoms with Crippen molar-refractivity contribution in [2.45, 2.75) is 58.7 Å². The molecule has 0 aromatic rings. The minimum Gasteiger partial charge on any atom is -0.374 e. The molecule has 0 amide bonds. The van der Waals surface area contributed by atoms with E-state index in [4.69, 9.17) is 4.74 Å². The number of hydrogen-bond donors (Lipinski definition) is 1. The molecule has 2 heterocycles. The number of likely N-dealkylation sites (N-methyl/N-ethyl adjacent to an activating group) is 1. The second-order valence-electron chi connectivity index (χ2n) is 4.74. The van der Waals surface area contributed by atoms with Gasteiger partial charge in [0.1, 0.15) is 0 Å². The SMILES string of the molecule is CC.CCN1CCCC(OC2CCNCC2)C1. The van der Waals surface area contributed by atoms with Crippen molar-refractivity contribution in [3.8, 4) is 0 Å². The summed E-state index contributed by atoms with van der Waals surface area (Å²) in [5.74, 6) is 0. The lowest BCUT2D eigenvalue weighted by molar-refractivity contribution is -0.0572. The topological polar surface area (TPSA) is 24.5 Å². The molecule has 2 fully saturated rings. The van der Waals surface area contributed by atoms with Crippen LogP contribution in [0, 0.1) is 0 Å². The van der Waals surface area contributed by atoms with Gasteiger partial charge in [0.25, 0.3) is 0 Å². The first-order valence-corrected chi connectivity index (χ1v) is 7.47. The van der Waals surface area contributed by atoms with Gasteiger partial charge in [-0.25, -0.2) is 0 Å². The Kier molecular flexibility index (Phi) is 7.82. The van der Waals surface area contributed by atoms with Crippen LogP contribution in [0.4, 0.5) is 0 Å². The molecule has 0 aromatic carbocycles. The summed E-state index contributed by atoms with van der Waals surface area (Å²) in [5.41, 5.74) is 0. The third-order valence-corrected chi connectivity index (χ3v) is 3.58. The van der Waals surface area contributed by atoms with Crippen molar-refractivity contribution in [2.75, 3.05) is 32.7 Å². The predicted molar refractivity (Wildman–Crippen MR) is 73.5 cm³/mol. The summed E-state index contributed by atoms with van der Waals surface area (Å²) in [5, 5.41) is 3.38. The van der Waals surface area contributed by atoms with Crippen LogP contribution in [0.15, 0.2) is 0 Å². The number of rotatable bonds is 3. The van der Waals surface area contributed by atoms with Crippen LogP contribution in [0.25, 0.3) is 0 Å². The first kappa shape index (κ1) is 14.9. The number of piperidine rings is 2. The Morgan fingerprint density at radius 3 is 2.47 bits per heavy atom. The van der Waals surface area contributed by atoms with Crippen molar-refractivity contribution in [3.05, 3.63) is 0 Å². The second kappa shape index (κ2) is 8.90. The normalized spacial score (nSPS) is 27.4. The van der Waals surface area contributed by atoms with Crippen LogP contribution in [0.1, 0.15) is 46.5 Å². The van der Waals surface area contributed by atoms with Crippen LogP contribution in [0.5, 0.6) is 0 Å². The maximum absolute atomic E-state index is 6.18. The maximum atomic E-state index is 6.18. The van der Waals surface area contributed by atoms with Gasteiger partial charge in [0, 0.05) is 6.54 Å². The highest BCUT2D eigenvalue weighted by atomic mass is 16.5. The van der Waals surface area contributed by atoms with Gasteiger partial charge in [-0.2, -0.15) is 0 Å². The van der Waals surface area contributed by atoms with E-state index in [1.807, 2.05) is 13.8 Å². The number of likely N-dealkylation sites (tertiary alicyclic amines) is 1. The standard InChI is InChI=1S/C12H24N2O.C2H6/c1-2-14-9-3-4-12(10-14)15-11-5-7-13-8-6-11;1-2/h11-13H,2-10H2,1H3;1-2H3. The van der Waals surface area contributed by atoms with Crippen LogP contribution in [-0.4, -0.2) is 49.8 Å². The number of nitrogens with zero attached hydrogens (tertiary/aromatic N) is 1. The summed E-state index contributed by atoms with van der Waals surface area (Å²) in [6, 6.07) is 0. The number of nitrogens with one attached hydrogen (secondary N) is 1. The van der Waals surface area contributed by atoms with Gasteiger partial charge in [0.2, 0.25) is 0 Å². The lowest BCUT2D eigenvalue weighted by Gasteiger charge is -2.35. The lowest BCUT2D eigenvalue weighted by atomic mass is 10.1. The Morgan fingerprint density at radius 2 is 1.82 bits per heavy atom. The maximum Gasteiger partial charge on any atom is 0.0706 e. The van der Waals surface area contributed by atoms with Gasteiger partial charge < -0.3 is 15.0 Å². The van der Waals surface area contributed by atoms with E-state index in [-0.39, 0.29) is 0 Å². The smallest absolute Gasteiger partial charge is 0.0706 e. The van der Waals surface area contributed by atoms with Crippen molar-refractivity contribution in [2.24, 2.45) is 0 Å². The Morgan fingerprint density at radius 1 is 1.12 bits per heavy atom. The molecule has 0 aromatic heterocycles. The minimum absolute atomic E-state index is 0.502. The molecular formula is C14H30N2O. The fourth-order valence-corrected chi connectivity index (χ4v) is 2.62. The summed E-state index contributed by atoms with van der Waals surface area (Å²) in [6.45, 7) is 12.1.